The Labute approximate surface area is 299 Å². The molecule has 282 valence electrons. The molecule has 6 rings (SSSR count). The first kappa shape index (κ1) is 38.0. The summed E-state index contributed by atoms with van der Waals surface area (Å²) in [6.07, 6.45) is -2.05. The molecule has 52 heavy (non-hydrogen) atoms. The van der Waals surface area contributed by atoms with Gasteiger partial charge >= 0.3 is 12.2 Å². The van der Waals surface area contributed by atoms with Crippen LogP contribution in [0.15, 0.2) is 36.4 Å². The highest BCUT2D eigenvalue weighted by molar-refractivity contribution is 5.91. The van der Waals surface area contributed by atoms with Crippen LogP contribution in [0.3, 0.4) is 0 Å². The van der Waals surface area contributed by atoms with E-state index in [1.165, 1.54) is 40.7 Å². The lowest BCUT2D eigenvalue weighted by Crippen LogP contribution is -2.49. The Hall–Kier alpha value is -5.23. The SMILES string of the molecule is CC(=O)NC[C@H]1CN(c2ccc(N3CCN(C(=O)CO)CC3)c(F)c2)C(=O)O1.CC(=O)NC[C@H]1CN(c2ccc(N3CCOCC3)c(F)c2)C(=O)O1. The number of hydrogen-bond donors (Lipinski definition) is 3. The third-order valence-electron chi connectivity index (χ3n) is 8.85. The molecule has 0 radical (unpaired) electrons. The lowest BCUT2D eigenvalue weighted by molar-refractivity contribution is -0.134. The van der Waals surface area contributed by atoms with Gasteiger partial charge in [0.05, 0.1) is 62.1 Å². The Morgan fingerprint density at radius 1 is 0.731 bits per heavy atom. The maximum atomic E-state index is 14.7. The van der Waals surface area contributed by atoms with Crippen molar-refractivity contribution in [3.63, 3.8) is 0 Å². The number of anilines is 4. The van der Waals surface area contributed by atoms with E-state index in [0.717, 1.165) is 0 Å². The second-order valence-corrected chi connectivity index (χ2v) is 12.5. The number of carbonyl (C=O) groups is 5. The van der Waals surface area contributed by atoms with Crippen molar-refractivity contribution in [3.8, 4) is 0 Å². The summed E-state index contributed by atoms with van der Waals surface area (Å²) in [5.74, 6) is -1.60. The molecule has 2 aromatic carbocycles. The monoisotopic (exact) mass is 731 g/mol. The molecule has 4 fully saturated rings. The molecule has 0 bridgehead atoms. The fraction of sp³-hybridized carbons (Fsp3) is 0.500. The van der Waals surface area contributed by atoms with E-state index >= 15 is 0 Å². The highest BCUT2D eigenvalue weighted by atomic mass is 19.1. The van der Waals surface area contributed by atoms with Crippen molar-refractivity contribution in [1.29, 1.82) is 0 Å². The maximum absolute atomic E-state index is 14.7. The van der Waals surface area contributed by atoms with Gasteiger partial charge < -0.3 is 44.7 Å². The van der Waals surface area contributed by atoms with Gasteiger partial charge in [0, 0.05) is 53.1 Å². The van der Waals surface area contributed by atoms with Crippen LogP contribution in [0.2, 0.25) is 0 Å². The summed E-state index contributed by atoms with van der Waals surface area (Å²) in [6, 6.07) is 9.24. The minimum Gasteiger partial charge on any atom is -0.442 e. The van der Waals surface area contributed by atoms with Gasteiger partial charge in [0.2, 0.25) is 17.7 Å². The molecule has 0 aromatic heterocycles. The van der Waals surface area contributed by atoms with E-state index in [-0.39, 0.29) is 49.7 Å². The first-order chi connectivity index (χ1) is 24.9. The number of amides is 5. The number of piperazine rings is 1. The third-order valence-corrected chi connectivity index (χ3v) is 8.85. The molecule has 0 spiro atoms. The second kappa shape index (κ2) is 17.3. The van der Waals surface area contributed by atoms with Crippen LogP contribution in [0.25, 0.3) is 0 Å². The zero-order valence-electron chi connectivity index (χ0n) is 29.0. The van der Waals surface area contributed by atoms with Gasteiger partial charge in [-0.2, -0.15) is 0 Å². The Bertz CT molecular complexity index is 1640. The van der Waals surface area contributed by atoms with Crippen molar-refractivity contribution in [1.82, 2.24) is 15.5 Å². The Balaban J connectivity index is 0.000000203. The molecular weight excluding hydrogens is 688 g/mol. The normalized spacial score (nSPS) is 20.2. The van der Waals surface area contributed by atoms with E-state index in [1.54, 1.807) is 24.3 Å². The number of nitrogens with zero attached hydrogens (tertiary/aromatic N) is 5. The van der Waals surface area contributed by atoms with Gasteiger partial charge in [-0.3, -0.25) is 24.2 Å². The van der Waals surface area contributed by atoms with Crippen LogP contribution in [0.1, 0.15) is 13.8 Å². The number of aliphatic hydroxyl groups is 1. The number of cyclic esters (lactones) is 2. The molecule has 0 aliphatic carbocycles. The van der Waals surface area contributed by atoms with E-state index in [2.05, 4.69) is 10.6 Å². The van der Waals surface area contributed by atoms with Gasteiger partial charge in [0.25, 0.3) is 0 Å². The molecule has 5 amide bonds. The van der Waals surface area contributed by atoms with Crippen LogP contribution in [-0.4, -0.2) is 137 Å². The Kier molecular flexibility index (Phi) is 12.7. The van der Waals surface area contributed by atoms with Gasteiger partial charge in [-0.15, -0.1) is 0 Å². The van der Waals surface area contributed by atoms with Gasteiger partial charge in [-0.25, -0.2) is 18.4 Å². The van der Waals surface area contributed by atoms with Gasteiger partial charge in [0.15, 0.2) is 0 Å². The quantitative estimate of drug-likeness (QED) is 0.337. The highest BCUT2D eigenvalue weighted by Gasteiger charge is 2.34. The number of aliphatic hydroxyl groups excluding tert-OH is 1. The lowest BCUT2D eigenvalue weighted by atomic mass is 10.2. The number of carbonyl (C=O) groups excluding carboxylic acids is 5. The van der Waals surface area contributed by atoms with E-state index in [9.17, 15) is 32.8 Å². The summed E-state index contributed by atoms with van der Waals surface area (Å²) in [7, 11) is 0. The van der Waals surface area contributed by atoms with Crippen LogP contribution in [0.5, 0.6) is 0 Å². The summed E-state index contributed by atoms with van der Waals surface area (Å²) in [6.45, 7) is 7.33. The highest BCUT2D eigenvalue weighted by Crippen LogP contribution is 2.30. The Morgan fingerprint density at radius 3 is 1.58 bits per heavy atom. The van der Waals surface area contributed by atoms with E-state index in [0.29, 0.717) is 75.2 Å². The van der Waals surface area contributed by atoms with Gasteiger partial charge in [0.1, 0.15) is 30.4 Å². The number of rotatable bonds is 9. The molecule has 18 heteroatoms. The maximum Gasteiger partial charge on any atom is 0.414 e. The summed E-state index contributed by atoms with van der Waals surface area (Å²) in [5.41, 5.74) is 1.72. The number of nitrogens with one attached hydrogen (secondary N) is 2. The zero-order chi connectivity index (χ0) is 37.4. The topological polar surface area (TPSA) is 174 Å². The standard InChI is InChI=1S/C18H23FN4O5.C16H20FN3O4/c1-12(25)20-9-14-10-23(18(27)28-14)13-2-3-16(15(19)8-13)21-4-6-22(7-5-21)17(26)11-24;1-11(21)18-9-13-10-20(16(22)24-13)12-2-3-15(14(17)8-12)19-4-6-23-7-5-19/h2-3,8,14,24H,4-7,9-11H2,1H3,(H,20,25);2-3,8,13H,4-7,9-10H2,1H3,(H,18,21)/t14-;13-/m00/s1. The molecule has 2 atom stereocenters. The summed E-state index contributed by atoms with van der Waals surface area (Å²) >= 11 is 0. The summed E-state index contributed by atoms with van der Waals surface area (Å²) < 4.78 is 44.8. The van der Waals surface area contributed by atoms with Crippen molar-refractivity contribution in [2.45, 2.75) is 26.1 Å². The van der Waals surface area contributed by atoms with E-state index < -0.39 is 36.8 Å². The average molecular weight is 732 g/mol. The predicted molar refractivity (Wildman–Crippen MR) is 184 cm³/mol. The fourth-order valence-corrected chi connectivity index (χ4v) is 6.13. The largest absolute Gasteiger partial charge is 0.442 e. The molecule has 4 aliphatic heterocycles. The summed E-state index contributed by atoms with van der Waals surface area (Å²) in [4.78, 5) is 65.5. The first-order valence-corrected chi connectivity index (χ1v) is 16.9. The smallest absolute Gasteiger partial charge is 0.414 e. The molecule has 0 unspecified atom stereocenters. The van der Waals surface area contributed by atoms with Crippen molar-refractivity contribution in [2.24, 2.45) is 0 Å². The molecule has 0 saturated carbocycles. The van der Waals surface area contributed by atoms with E-state index in [1.807, 2.05) is 9.80 Å². The predicted octanol–water partition coefficient (Wildman–Crippen LogP) is 1.05. The van der Waals surface area contributed by atoms with E-state index in [4.69, 9.17) is 19.3 Å². The van der Waals surface area contributed by atoms with Crippen molar-refractivity contribution in [2.75, 3.05) is 105 Å². The minimum absolute atomic E-state index is 0.189. The molecule has 2 aromatic rings. The molecule has 4 aliphatic rings. The van der Waals surface area contributed by atoms with Crippen molar-refractivity contribution < 1.29 is 52.1 Å². The second-order valence-electron chi connectivity index (χ2n) is 12.5. The number of benzene rings is 2. The van der Waals surface area contributed by atoms with Crippen molar-refractivity contribution in [3.05, 3.63) is 48.0 Å². The summed E-state index contributed by atoms with van der Waals surface area (Å²) in [5, 5.41) is 14.1. The van der Waals surface area contributed by atoms with Crippen LogP contribution in [0, 0.1) is 11.6 Å². The lowest BCUT2D eigenvalue weighted by Gasteiger charge is -2.36. The molecule has 16 nitrogen and oxygen atoms in total. The number of ether oxygens (including phenoxy) is 3. The first-order valence-electron chi connectivity index (χ1n) is 16.9. The number of hydrogen-bond acceptors (Lipinski definition) is 11. The number of morpholine rings is 1. The van der Waals surface area contributed by atoms with Crippen LogP contribution < -0.4 is 30.2 Å². The van der Waals surface area contributed by atoms with Crippen LogP contribution in [0.4, 0.5) is 41.1 Å². The van der Waals surface area contributed by atoms with Gasteiger partial charge in [-0.05, 0) is 36.4 Å². The van der Waals surface area contributed by atoms with Crippen LogP contribution in [-0.2, 0) is 28.6 Å². The Morgan fingerprint density at radius 2 is 1.17 bits per heavy atom. The zero-order valence-corrected chi connectivity index (χ0v) is 29.0. The molecule has 4 saturated heterocycles. The number of halogens is 2. The molecule has 3 N–H and O–H groups in total. The minimum atomic E-state index is -0.585. The van der Waals surface area contributed by atoms with Crippen molar-refractivity contribution >= 4 is 52.7 Å². The molecule has 4 heterocycles. The van der Waals surface area contributed by atoms with Gasteiger partial charge in [-0.1, -0.05) is 0 Å². The third kappa shape index (κ3) is 9.55. The average Bonchev–Trinajstić information content (AvgIpc) is 3.71. The molecular formula is C34H43F2N7O9. The van der Waals surface area contributed by atoms with Crippen LogP contribution >= 0.6 is 0 Å². The fourth-order valence-electron chi connectivity index (χ4n) is 6.13.